The second-order valence-corrected chi connectivity index (χ2v) is 10.3. The smallest absolute Gasteiger partial charge is 0.285 e. The second-order valence-electron chi connectivity index (χ2n) is 8.75. The van der Waals surface area contributed by atoms with Crippen LogP contribution in [-0.4, -0.2) is 38.2 Å². The van der Waals surface area contributed by atoms with Gasteiger partial charge in [0.05, 0.1) is 0 Å². The number of amidine groups is 1. The van der Waals surface area contributed by atoms with Crippen LogP contribution in [0.15, 0.2) is 52.4 Å². The van der Waals surface area contributed by atoms with Crippen molar-refractivity contribution in [1.82, 2.24) is 10.2 Å². The van der Waals surface area contributed by atoms with E-state index < -0.39 is 10.0 Å². The van der Waals surface area contributed by atoms with E-state index in [2.05, 4.69) is 9.71 Å². The number of halogens is 1. The number of hydrogen-bond donors (Lipinski definition) is 1. The zero-order valence-electron chi connectivity index (χ0n) is 19.1. The fraction of sp³-hybridized carbons (Fsp3) is 0.360. The Morgan fingerprint density at radius 1 is 1.09 bits per heavy atom. The number of carbonyl (C=O) groups excluding carboxylic acids is 1. The predicted molar refractivity (Wildman–Crippen MR) is 127 cm³/mol. The van der Waals surface area contributed by atoms with Crippen molar-refractivity contribution in [2.45, 2.75) is 40.2 Å². The van der Waals surface area contributed by atoms with Crippen LogP contribution in [0, 0.1) is 25.6 Å². The molecule has 2 aromatic carbocycles. The highest BCUT2D eigenvalue weighted by Crippen LogP contribution is 2.35. The third-order valence-electron chi connectivity index (χ3n) is 6.43. The molecule has 2 heterocycles. The normalized spacial score (nSPS) is 18.4. The van der Waals surface area contributed by atoms with Gasteiger partial charge in [0, 0.05) is 31.1 Å². The van der Waals surface area contributed by atoms with Crippen molar-refractivity contribution in [3.8, 4) is 0 Å². The zero-order chi connectivity index (χ0) is 23.8. The number of nitrogens with zero attached hydrogens (tertiary/aromatic N) is 2. The van der Waals surface area contributed by atoms with Crippen molar-refractivity contribution >= 4 is 26.7 Å². The van der Waals surface area contributed by atoms with Crippen molar-refractivity contribution in [2.75, 3.05) is 13.1 Å². The topological polar surface area (TPSA) is 78.8 Å². The number of aryl methyl sites for hydroxylation is 2. The van der Waals surface area contributed by atoms with E-state index in [1.807, 2.05) is 36.9 Å². The van der Waals surface area contributed by atoms with Crippen LogP contribution in [0.4, 0.5) is 4.39 Å². The van der Waals surface area contributed by atoms with E-state index >= 15 is 0 Å². The van der Waals surface area contributed by atoms with Crippen molar-refractivity contribution in [1.29, 1.82) is 0 Å². The third kappa shape index (κ3) is 4.85. The molecule has 0 aromatic heterocycles. The Bertz CT molecular complexity index is 1260. The minimum Gasteiger partial charge on any atom is -0.356 e. The molecule has 1 saturated heterocycles. The Balaban J connectivity index is 1.42. The maximum Gasteiger partial charge on any atom is 0.285 e. The van der Waals surface area contributed by atoms with Gasteiger partial charge in [0.1, 0.15) is 16.6 Å². The van der Waals surface area contributed by atoms with E-state index in [9.17, 15) is 17.6 Å². The largest absolute Gasteiger partial charge is 0.356 e. The lowest BCUT2D eigenvalue weighted by Gasteiger charge is -2.32. The average molecular weight is 470 g/mol. The first-order chi connectivity index (χ1) is 15.7. The van der Waals surface area contributed by atoms with Gasteiger partial charge >= 0.3 is 0 Å². The van der Waals surface area contributed by atoms with Crippen LogP contribution in [0.3, 0.4) is 0 Å². The molecule has 0 spiro atoms. The average Bonchev–Trinajstić information content (AvgIpc) is 3.03. The van der Waals surface area contributed by atoms with E-state index in [4.69, 9.17) is 0 Å². The molecule has 33 heavy (non-hydrogen) atoms. The second kappa shape index (κ2) is 9.09. The lowest BCUT2D eigenvalue weighted by molar-refractivity contribution is -0.126. The fourth-order valence-electron chi connectivity index (χ4n) is 4.40. The molecule has 1 N–H and O–H groups in total. The molecule has 0 unspecified atom stereocenters. The van der Waals surface area contributed by atoms with Gasteiger partial charge in [0.25, 0.3) is 10.0 Å². The minimum absolute atomic E-state index is 0.0667. The summed E-state index contributed by atoms with van der Waals surface area (Å²) in [5.41, 5.74) is 4.15. The number of benzene rings is 2. The number of sulfonamides is 1. The van der Waals surface area contributed by atoms with Gasteiger partial charge in [-0.1, -0.05) is 30.3 Å². The number of likely N-dealkylation sites (tertiary alicyclic amines) is 1. The fourth-order valence-corrected chi connectivity index (χ4v) is 5.87. The van der Waals surface area contributed by atoms with E-state index in [1.165, 1.54) is 12.1 Å². The van der Waals surface area contributed by atoms with Crippen molar-refractivity contribution in [2.24, 2.45) is 10.3 Å². The van der Waals surface area contributed by atoms with Crippen LogP contribution in [0.2, 0.25) is 0 Å². The summed E-state index contributed by atoms with van der Waals surface area (Å²) in [6, 6.07) is 11.8. The van der Waals surface area contributed by atoms with Gasteiger partial charge in [-0.25, -0.2) is 4.39 Å². The Kier molecular flexibility index (Phi) is 6.38. The Hall–Kier alpha value is -3.00. The van der Waals surface area contributed by atoms with E-state index in [1.54, 1.807) is 19.1 Å². The van der Waals surface area contributed by atoms with Crippen LogP contribution < -0.4 is 5.32 Å². The van der Waals surface area contributed by atoms with Crippen LogP contribution in [0.25, 0.3) is 4.91 Å². The highest BCUT2D eigenvalue weighted by Gasteiger charge is 2.35. The summed E-state index contributed by atoms with van der Waals surface area (Å²) in [5, 5.41) is 2.88. The lowest BCUT2D eigenvalue weighted by Crippen LogP contribution is -2.43. The highest BCUT2D eigenvalue weighted by molar-refractivity contribution is 8.00. The first-order valence-electron chi connectivity index (χ1n) is 11.1. The molecule has 2 aliphatic heterocycles. The zero-order valence-corrected chi connectivity index (χ0v) is 19.9. The molecule has 1 amide bonds. The van der Waals surface area contributed by atoms with E-state index in [0.29, 0.717) is 48.5 Å². The molecule has 6 nitrogen and oxygen atoms in total. The van der Waals surface area contributed by atoms with Gasteiger partial charge < -0.3 is 10.2 Å². The van der Waals surface area contributed by atoms with Gasteiger partial charge in [0.2, 0.25) is 5.91 Å². The molecule has 1 fully saturated rings. The predicted octanol–water partition coefficient (Wildman–Crippen LogP) is 3.94. The molecule has 0 atom stereocenters. The summed E-state index contributed by atoms with van der Waals surface area (Å²) < 4.78 is 43.2. The molecular formula is C25H28FN3O3S. The van der Waals surface area contributed by atoms with Gasteiger partial charge in [-0.15, -0.1) is 4.40 Å². The molecule has 174 valence electrons. The van der Waals surface area contributed by atoms with Gasteiger partial charge in [-0.3, -0.25) is 4.79 Å². The summed E-state index contributed by atoms with van der Waals surface area (Å²) >= 11 is 0. The molecule has 2 aromatic rings. The van der Waals surface area contributed by atoms with E-state index in [0.717, 1.165) is 11.1 Å². The first-order valence-corrected chi connectivity index (χ1v) is 12.5. The lowest BCUT2D eigenvalue weighted by atomic mass is 9.95. The molecule has 8 heteroatoms. The minimum atomic E-state index is -3.77. The number of amides is 1. The quantitative estimate of drug-likeness (QED) is 0.736. The Labute approximate surface area is 194 Å². The third-order valence-corrected chi connectivity index (χ3v) is 7.90. The molecular weight excluding hydrogens is 441 g/mol. The molecule has 0 radical (unpaired) electrons. The highest BCUT2D eigenvalue weighted by atomic mass is 32.2. The van der Waals surface area contributed by atoms with Gasteiger partial charge in [-0.2, -0.15) is 8.42 Å². The Morgan fingerprint density at radius 2 is 1.82 bits per heavy atom. The number of carbonyl (C=O) groups is 1. The maximum absolute atomic E-state index is 13.3. The number of hydrogen-bond acceptors (Lipinski definition) is 4. The van der Waals surface area contributed by atoms with Crippen LogP contribution in [0.1, 0.15) is 42.0 Å². The first kappa shape index (κ1) is 23.2. The van der Waals surface area contributed by atoms with Crippen LogP contribution >= 0.6 is 0 Å². The van der Waals surface area contributed by atoms with Crippen LogP contribution in [-0.2, 0) is 21.4 Å². The van der Waals surface area contributed by atoms with Crippen molar-refractivity contribution in [3.63, 3.8) is 0 Å². The number of rotatable bonds is 4. The molecule has 2 aliphatic rings. The Morgan fingerprint density at radius 3 is 2.48 bits per heavy atom. The SMILES string of the molecule is CC1=C(c2ccc(C)c(C)c2)S(=O)(=O)N=C1N1CCC(C(=O)NCc2cccc(F)c2)CC1. The van der Waals surface area contributed by atoms with Crippen molar-refractivity contribution in [3.05, 3.63) is 76.1 Å². The summed E-state index contributed by atoms with van der Waals surface area (Å²) in [4.78, 5) is 14.8. The van der Waals surface area contributed by atoms with Gasteiger partial charge in [-0.05, 0) is 68.0 Å². The number of piperidine rings is 1. The van der Waals surface area contributed by atoms with E-state index in [-0.39, 0.29) is 29.1 Å². The maximum atomic E-state index is 13.3. The summed E-state index contributed by atoms with van der Waals surface area (Å²) in [7, 11) is -3.77. The van der Waals surface area contributed by atoms with Crippen molar-refractivity contribution < 1.29 is 17.6 Å². The molecule has 0 saturated carbocycles. The molecule has 0 aliphatic carbocycles. The molecule has 4 rings (SSSR count). The van der Waals surface area contributed by atoms with Gasteiger partial charge in [0.15, 0.2) is 0 Å². The summed E-state index contributed by atoms with van der Waals surface area (Å²) in [5.74, 6) is -0.0901. The standard InChI is InChI=1S/C25H28FN3O3S/c1-16-7-8-21(13-17(16)2)23-18(3)24(28-33(23,31)32)29-11-9-20(10-12-29)25(30)27-15-19-5-4-6-22(26)14-19/h4-8,13-14,20H,9-12,15H2,1-3H3,(H,27,30). The van der Waals surface area contributed by atoms with Crippen LogP contribution in [0.5, 0.6) is 0 Å². The monoisotopic (exact) mass is 469 g/mol. The summed E-state index contributed by atoms with van der Waals surface area (Å²) in [6.07, 6.45) is 1.20. The molecule has 0 bridgehead atoms. The summed E-state index contributed by atoms with van der Waals surface area (Å²) in [6.45, 7) is 7.12. The number of nitrogens with one attached hydrogen (secondary N) is 1.